The van der Waals surface area contributed by atoms with Crippen LogP contribution in [0.2, 0.25) is 0 Å². The van der Waals surface area contributed by atoms with Crippen LogP contribution in [0.3, 0.4) is 0 Å². The first-order valence-corrected chi connectivity index (χ1v) is 9.91. The molecular formula is C22H25N3O3S. The van der Waals surface area contributed by atoms with E-state index in [1.165, 1.54) is 0 Å². The highest BCUT2D eigenvalue weighted by molar-refractivity contribution is 7.80. The highest BCUT2D eigenvalue weighted by Crippen LogP contribution is 2.32. The summed E-state index contributed by atoms with van der Waals surface area (Å²) in [5.41, 5.74) is 11.7. The van der Waals surface area contributed by atoms with E-state index < -0.39 is 11.6 Å². The van der Waals surface area contributed by atoms with Gasteiger partial charge in [-0.3, -0.25) is 0 Å². The minimum absolute atomic E-state index is 0.317. The number of carbonyl (C=O) groups excluding carboxylic acids is 2. The second-order valence-corrected chi connectivity index (χ2v) is 7.82. The number of rotatable bonds is 4. The summed E-state index contributed by atoms with van der Waals surface area (Å²) in [5, 5.41) is 3.62. The van der Waals surface area contributed by atoms with E-state index >= 15 is 0 Å². The lowest BCUT2D eigenvalue weighted by Crippen LogP contribution is -2.50. The van der Waals surface area contributed by atoms with Crippen LogP contribution in [0.1, 0.15) is 19.3 Å². The van der Waals surface area contributed by atoms with Crippen molar-refractivity contribution >= 4 is 35.9 Å². The summed E-state index contributed by atoms with van der Waals surface area (Å²) in [5.74, 6) is 1.21. The molecule has 2 amide bonds. The number of nitrogens with two attached hydrogens (primary N) is 2. The normalized spacial score (nSPS) is 20.7. The fraction of sp³-hybridized carbons (Fsp3) is 0.273. The van der Waals surface area contributed by atoms with E-state index in [0.717, 1.165) is 39.9 Å². The van der Waals surface area contributed by atoms with Crippen LogP contribution >= 0.6 is 12.6 Å². The summed E-state index contributed by atoms with van der Waals surface area (Å²) in [6, 6.07) is 17.4. The number of amides is 2. The Kier molecular flexibility index (Phi) is 6.61. The molecule has 2 aromatic carbocycles. The van der Waals surface area contributed by atoms with Crippen LogP contribution in [0.5, 0.6) is 0 Å². The van der Waals surface area contributed by atoms with Gasteiger partial charge in [-0.1, -0.05) is 30.3 Å². The van der Waals surface area contributed by atoms with Crippen molar-refractivity contribution in [3.8, 4) is 11.3 Å². The number of primary amides is 1. The molecule has 0 spiro atoms. The lowest BCUT2D eigenvalue weighted by Gasteiger charge is -2.22. The first-order valence-electron chi connectivity index (χ1n) is 9.47. The second-order valence-electron chi connectivity index (χ2n) is 7.30. The number of carbonyl (C=O) groups is 2. The molecule has 6 nitrogen and oxygen atoms in total. The van der Waals surface area contributed by atoms with Gasteiger partial charge in [-0.15, -0.1) is 12.6 Å². The van der Waals surface area contributed by atoms with Crippen LogP contribution in [0.4, 0.5) is 4.79 Å². The van der Waals surface area contributed by atoms with E-state index in [0.29, 0.717) is 25.3 Å². The molecule has 0 radical (unpaired) electrons. The molecular weight excluding hydrogens is 386 g/mol. The molecule has 0 saturated heterocycles. The van der Waals surface area contributed by atoms with Crippen LogP contribution in [-0.4, -0.2) is 24.4 Å². The molecule has 152 valence electrons. The zero-order valence-electron chi connectivity index (χ0n) is 16.0. The molecule has 2 atom stereocenters. The van der Waals surface area contributed by atoms with Gasteiger partial charge in [0.15, 0.2) is 0 Å². The number of hydrogen-bond acceptors (Lipinski definition) is 5. The smallest absolute Gasteiger partial charge is 0.312 e. The monoisotopic (exact) mass is 411 g/mol. The van der Waals surface area contributed by atoms with E-state index in [4.69, 9.17) is 15.9 Å². The van der Waals surface area contributed by atoms with E-state index in [1.807, 2.05) is 42.5 Å². The number of benzene rings is 2. The summed E-state index contributed by atoms with van der Waals surface area (Å²) in [4.78, 5) is 22.4. The Labute approximate surface area is 175 Å². The van der Waals surface area contributed by atoms with Crippen molar-refractivity contribution in [2.45, 2.75) is 29.7 Å². The molecule has 29 heavy (non-hydrogen) atoms. The van der Waals surface area contributed by atoms with Gasteiger partial charge >= 0.3 is 6.03 Å². The van der Waals surface area contributed by atoms with Crippen LogP contribution in [0, 0.1) is 5.92 Å². The predicted molar refractivity (Wildman–Crippen MR) is 117 cm³/mol. The summed E-state index contributed by atoms with van der Waals surface area (Å²) < 4.78 is 5.77. The molecule has 7 heteroatoms. The van der Waals surface area contributed by atoms with Crippen molar-refractivity contribution in [1.29, 1.82) is 0 Å². The number of thiol groups is 1. The first-order chi connectivity index (χ1) is 13.9. The topological polar surface area (TPSA) is 111 Å². The standard InChI is InChI=1S/C14H10OS.C8H15N3O2/c16-12-7-5-10(6-8-12)14-9-11-3-1-2-4-13(11)15-14;9-4-6-1-2-8(3-6,5-12)11-7(10)13/h1-9,16H;5-6H,1-4,9H2,(H3,10,11,13). The van der Waals surface area contributed by atoms with E-state index in [-0.39, 0.29) is 0 Å². The molecule has 3 aromatic rings. The van der Waals surface area contributed by atoms with Crippen molar-refractivity contribution in [2.24, 2.45) is 17.4 Å². The fourth-order valence-corrected chi connectivity index (χ4v) is 3.78. The Bertz CT molecular complexity index is 953. The molecule has 5 N–H and O–H groups in total. The van der Waals surface area contributed by atoms with E-state index in [9.17, 15) is 9.59 Å². The van der Waals surface area contributed by atoms with Crippen LogP contribution in [0.25, 0.3) is 22.3 Å². The number of aldehydes is 1. The van der Waals surface area contributed by atoms with Gasteiger partial charge in [0.2, 0.25) is 0 Å². The number of nitrogens with one attached hydrogen (secondary N) is 1. The van der Waals surface area contributed by atoms with Crippen molar-refractivity contribution < 1.29 is 14.0 Å². The Morgan fingerprint density at radius 2 is 1.97 bits per heavy atom. The lowest BCUT2D eigenvalue weighted by atomic mass is 9.98. The van der Waals surface area contributed by atoms with Gasteiger partial charge in [-0.2, -0.15) is 0 Å². The number of hydrogen-bond donors (Lipinski definition) is 4. The first kappa shape index (κ1) is 21.0. The Balaban J connectivity index is 0.000000170. The van der Waals surface area contributed by atoms with Gasteiger partial charge in [0, 0.05) is 15.8 Å². The summed E-state index contributed by atoms with van der Waals surface area (Å²) in [6.45, 7) is 0.552. The van der Waals surface area contributed by atoms with E-state index in [2.05, 4.69) is 30.1 Å². The third-order valence-corrected chi connectivity index (χ3v) is 5.46. The zero-order chi connectivity index (χ0) is 20.9. The second kappa shape index (κ2) is 9.15. The summed E-state index contributed by atoms with van der Waals surface area (Å²) in [7, 11) is 0. The Morgan fingerprint density at radius 3 is 2.55 bits per heavy atom. The molecule has 0 bridgehead atoms. The van der Waals surface area contributed by atoms with Gasteiger partial charge in [-0.25, -0.2) is 4.79 Å². The van der Waals surface area contributed by atoms with E-state index in [1.54, 1.807) is 0 Å². The predicted octanol–water partition coefficient (Wildman–Crippen LogP) is 3.74. The van der Waals surface area contributed by atoms with Gasteiger partial charge < -0.3 is 26.0 Å². The number of urea groups is 1. The highest BCUT2D eigenvalue weighted by atomic mass is 32.1. The maximum absolute atomic E-state index is 10.8. The zero-order valence-corrected chi connectivity index (χ0v) is 16.9. The summed E-state index contributed by atoms with van der Waals surface area (Å²) >= 11 is 4.26. The van der Waals surface area contributed by atoms with Crippen molar-refractivity contribution in [3.05, 3.63) is 54.6 Å². The maximum atomic E-state index is 10.8. The molecule has 1 aliphatic carbocycles. The third-order valence-electron chi connectivity index (χ3n) is 5.16. The van der Waals surface area contributed by atoms with Crippen molar-refractivity contribution in [2.75, 3.05) is 6.54 Å². The maximum Gasteiger partial charge on any atom is 0.312 e. The number of para-hydroxylation sites is 1. The molecule has 1 heterocycles. The highest BCUT2D eigenvalue weighted by Gasteiger charge is 2.39. The lowest BCUT2D eigenvalue weighted by molar-refractivity contribution is -0.112. The SMILES string of the molecule is NCC1CCC(C=O)(NC(N)=O)C1.Sc1ccc(-c2cc3ccccc3o2)cc1. The molecule has 4 rings (SSSR count). The minimum Gasteiger partial charge on any atom is -0.456 e. The third kappa shape index (κ3) is 5.19. The van der Waals surface area contributed by atoms with Crippen LogP contribution in [0.15, 0.2) is 63.9 Å². The molecule has 2 unspecified atom stereocenters. The molecule has 1 aliphatic rings. The van der Waals surface area contributed by atoms with Crippen LogP contribution in [-0.2, 0) is 4.79 Å². The Hall–Kier alpha value is -2.77. The molecule has 1 saturated carbocycles. The van der Waals surface area contributed by atoms with Crippen LogP contribution < -0.4 is 16.8 Å². The largest absolute Gasteiger partial charge is 0.456 e. The van der Waals surface area contributed by atoms with Gasteiger partial charge in [0.05, 0.1) is 5.54 Å². The molecule has 1 fully saturated rings. The average molecular weight is 412 g/mol. The van der Waals surface area contributed by atoms with Gasteiger partial charge in [0.25, 0.3) is 0 Å². The van der Waals surface area contributed by atoms with Crippen molar-refractivity contribution in [1.82, 2.24) is 5.32 Å². The minimum atomic E-state index is -0.754. The summed E-state index contributed by atoms with van der Waals surface area (Å²) in [6.07, 6.45) is 2.89. The van der Waals surface area contributed by atoms with Gasteiger partial charge in [0.1, 0.15) is 17.6 Å². The van der Waals surface area contributed by atoms with Crippen molar-refractivity contribution in [3.63, 3.8) is 0 Å². The molecule has 1 aromatic heterocycles. The Morgan fingerprint density at radius 1 is 1.24 bits per heavy atom. The number of fused-ring (bicyclic) bond motifs is 1. The number of furan rings is 1. The quantitative estimate of drug-likeness (QED) is 0.387. The fourth-order valence-electron chi connectivity index (χ4n) is 3.63. The average Bonchev–Trinajstić information content (AvgIpc) is 3.33. The van der Waals surface area contributed by atoms with Gasteiger partial charge in [-0.05, 0) is 56.0 Å². The molecule has 0 aliphatic heterocycles.